The van der Waals surface area contributed by atoms with E-state index in [1.54, 1.807) is 6.20 Å². The summed E-state index contributed by atoms with van der Waals surface area (Å²) in [5.74, 6) is -0.971. The fourth-order valence-corrected chi connectivity index (χ4v) is 2.52. The number of carboxylic acid groups (broad SMARTS) is 1. The van der Waals surface area contributed by atoms with Gasteiger partial charge in [0.05, 0.1) is 31.9 Å². The highest BCUT2D eigenvalue weighted by Gasteiger charge is 2.16. The first kappa shape index (κ1) is 15.1. The van der Waals surface area contributed by atoms with Crippen LogP contribution in [0.5, 0.6) is 0 Å². The second-order valence-corrected chi connectivity index (χ2v) is 5.91. The molecule has 0 aliphatic heterocycles. The summed E-state index contributed by atoms with van der Waals surface area (Å²) in [7, 11) is -3.67. The van der Waals surface area contributed by atoms with Gasteiger partial charge in [-0.15, -0.1) is 5.10 Å². The molecular formula is C10H14N6O4S. The third kappa shape index (κ3) is 4.36. The molecule has 2 rings (SSSR count). The summed E-state index contributed by atoms with van der Waals surface area (Å²) in [6.07, 6.45) is 5.47. The first-order valence-electron chi connectivity index (χ1n) is 6.05. The van der Waals surface area contributed by atoms with Crippen LogP contribution in [0.2, 0.25) is 0 Å². The number of nitrogens with one attached hydrogen (secondary N) is 1. The van der Waals surface area contributed by atoms with E-state index >= 15 is 0 Å². The number of hydrogen-bond donors (Lipinski definition) is 2. The van der Waals surface area contributed by atoms with Gasteiger partial charge in [-0.05, 0) is 0 Å². The fraction of sp³-hybridized carbons (Fsp3) is 0.400. The number of rotatable bonds is 8. The zero-order valence-electron chi connectivity index (χ0n) is 11.0. The van der Waals surface area contributed by atoms with E-state index in [-0.39, 0.29) is 24.4 Å². The van der Waals surface area contributed by atoms with Crippen LogP contribution >= 0.6 is 0 Å². The molecule has 2 heterocycles. The number of carbonyl (C=O) groups is 1. The largest absolute Gasteiger partial charge is 0.481 e. The van der Waals surface area contributed by atoms with Crippen LogP contribution < -0.4 is 4.72 Å². The second-order valence-electron chi connectivity index (χ2n) is 4.15. The van der Waals surface area contributed by atoms with E-state index in [1.165, 1.54) is 28.0 Å². The van der Waals surface area contributed by atoms with Crippen LogP contribution in [0.1, 0.15) is 6.42 Å². The van der Waals surface area contributed by atoms with Crippen LogP contribution in [0.25, 0.3) is 0 Å². The van der Waals surface area contributed by atoms with Crippen molar-refractivity contribution in [2.45, 2.75) is 24.4 Å². The number of nitrogens with zero attached hydrogens (tertiary/aromatic N) is 5. The number of carboxylic acids is 1. The van der Waals surface area contributed by atoms with E-state index < -0.39 is 16.0 Å². The minimum absolute atomic E-state index is 0.00789. The lowest BCUT2D eigenvalue weighted by Crippen LogP contribution is -2.27. The Morgan fingerprint density at radius 1 is 1.33 bits per heavy atom. The van der Waals surface area contributed by atoms with Gasteiger partial charge >= 0.3 is 5.97 Å². The van der Waals surface area contributed by atoms with Gasteiger partial charge in [0.15, 0.2) is 0 Å². The molecule has 0 atom stereocenters. The number of sulfonamides is 1. The van der Waals surface area contributed by atoms with Crippen LogP contribution in [0.3, 0.4) is 0 Å². The van der Waals surface area contributed by atoms with Crippen molar-refractivity contribution in [2.24, 2.45) is 0 Å². The molecular weight excluding hydrogens is 300 g/mol. The minimum Gasteiger partial charge on any atom is -0.481 e. The van der Waals surface area contributed by atoms with Gasteiger partial charge in [0, 0.05) is 18.9 Å². The Labute approximate surface area is 120 Å². The van der Waals surface area contributed by atoms with Gasteiger partial charge in [-0.1, -0.05) is 5.21 Å². The topological polar surface area (TPSA) is 132 Å². The Balaban J connectivity index is 1.91. The molecule has 2 aromatic rings. The summed E-state index contributed by atoms with van der Waals surface area (Å²) in [6, 6.07) is 0. The van der Waals surface area contributed by atoms with Crippen molar-refractivity contribution in [1.29, 1.82) is 0 Å². The third-order valence-electron chi connectivity index (χ3n) is 2.58. The Morgan fingerprint density at radius 2 is 2.14 bits per heavy atom. The monoisotopic (exact) mass is 314 g/mol. The summed E-state index contributed by atoms with van der Waals surface area (Å²) < 4.78 is 29.2. The fourth-order valence-electron chi connectivity index (χ4n) is 1.55. The Bertz CT molecular complexity index is 693. The molecule has 0 bridgehead atoms. The molecule has 0 aliphatic carbocycles. The van der Waals surface area contributed by atoms with Crippen molar-refractivity contribution < 1.29 is 18.3 Å². The summed E-state index contributed by atoms with van der Waals surface area (Å²) >= 11 is 0. The van der Waals surface area contributed by atoms with E-state index in [4.69, 9.17) is 5.11 Å². The molecule has 0 saturated heterocycles. The molecule has 2 N–H and O–H groups in total. The van der Waals surface area contributed by atoms with Gasteiger partial charge in [-0.3, -0.25) is 14.2 Å². The van der Waals surface area contributed by atoms with Crippen LogP contribution in [0.4, 0.5) is 0 Å². The molecule has 0 amide bonds. The highest BCUT2D eigenvalue weighted by molar-refractivity contribution is 7.89. The number of aromatic nitrogens is 5. The van der Waals surface area contributed by atoms with E-state index in [1.807, 2.05) is 0 Å². The predicted molar refractivity (Wildman–Crippen MR) is 69.7 cm³/mol. The van der Waals surface area contributed by atoms with Crippen LogP contribution in [-0.2, 0) is 27.9 Å². The molecule has 0 radical (unpaired) electrons. The lowest BCUT2D eigenvalue weighted by molar-refractivity contribution is -0.137. The van der Waals surface area contributed by atoms with E-state index in [0.29, 0.717) is 6.54 Å². The Kier molecular flexibility index (Phi) is 4.65. The third-order valence-corrected chi connectivity index (χ3v) is 4.00. The molecule has 0 aromatic carbocycles. The highest BCUT2D eigenvalue weighted by atomic mass is 32.2. The summed E-state index contributed by atoms with van der Waals surface area (Å²) in [5, 5.41) is 19.7. The molecule has 0 aliphatic rings. The smallest absolute Gasteiger partial charge is 0.305 e. The summed E-state index contributed by atoms with van der Waals surface area (Å²) in [4.78, 5) is 10.4. The predicted octanol–water partition coefficient (Wildman–Crippen LogP) is -1.07. The molecule has 0 fully saturated rings. The maximum atomic E-state index is 12.0. The van der Waals surface area contributed by atoms with Crippen molar-refractivity contribution in [1.82, 2.24) is 29.5 Å². The molecule has 0 unspecified atom stereocenters. The zero-order chi connectivity index (χ0) is 15.3. The molecule has 11 heteroatoms. The average molecular weight is 314 g/mol. The van der Waals surface area contributed by atoms with Gasteiger partial charge in [0.1, 0.15) is 4.90 Å². The lowest BCUT2D eigenvalue weighted by Gasteiger charge is -2.04. The van der Waals surface area contributed by atoms with Crippen molar-refractivity contribution >= 4 is 16.0 Å². The first-order valence-corrected chi connectivity index (χ1v) is 7.54. The minimum atomic E-state index is -3.67. The average Bonchev–Trinajstić information content (AvgIpc) is 3.07. The number of hydrogen-bond acceptors (Lipinski definition) is 6. The number of aliphatic carboxylic acids is 1. The summed E-state index contributed by atoms with van der Waals surface area (Å²) in [5.41, 5.74) is 0. The van der Waals surface area contributed by atoms with Crippen LogP contribution in [0, 0.1) is 0 Å². The van der Waals surface area contributed by atoms with Crippen molar-refractivity contribution in [3.63, 3.8) is 0 Å². The Morgan fingerprint density at radius 3 is 2.81 bits per heavy atom. The van der Waals surface area contributed by atoms with E-state index in [9.17, 15) is 13.2 Å². The molecule has 114 valence electrons. The number of aryl methyl sites for hydroxylation is 1. The van der Waals surface area contributed by atoms with Crippen molar-refractivity contribution in [3.05, 3.63) is 24.8 Å². The molecule has 0 spiro atoms. The molecule has 2 aromatic heterocycles. The van der Waals surface area contributed by atoms with E-state index in [2.05, 4.69) is 20.1 Å². The normalized spacial score (nSPS) is 11.6. The first-order chi connectivity index (χ1) is 9.97. The van der Waals surface area contributed by atoms with E-state index in [0.717, 1.165) is 0 Å². The van der Waals surface area contributed by atoms with Gasteiger partial charge < -0.3 is 5.11 Å². The van der Waals surface area contributed by atoms with Crippen molar-refractivity contribution in [3.8, 4) is 0 Å². The molecule has 0 saturated carbocycles. The lowest BCUT2D eigenvalue weighted by atomic mass is 10.4. The van der Waals surface area contributed by atoms with Crippen LogP contribution in [0.15, 0.2) is 29.7 Å². The van der Waals surface area contributed by atoms with Gasteiger partial charge in [0.25, 0.3) is 0 Å². The molecule has 10 nitrogen and oxygen atoms in total. The standard InChI is InChI=1S/C10H14N6O4S/c17-10(18)1-4-16-8-9(7-12-16)21(19,20)13-3-6-15-5-2-11-14-15/h2,5,7-8,13H,1,3-4,6H2,(H,17,18). The van der Waals surface area contributed by atoms with Gasteiger partial charge in [-0.25, -0.2) is 13.1 Å². The highest BCUT2D eigenvalue weighted by Crippen LogP contribution is 2.07. The maximum Gasteiger partial charge on any atom is 0.305 e. The SMILES string of the molecule is O=C(O)CCn1cc(S(=O)(=O)NCCn2ccnn2)cn1. The van der Waals surface area contributed by atoms with Crippen LogP contribution in [-0.4, -0.2) is 50.8 Å². The molecule has 21 heavy (non-hydrogen) atoms. The Hall–Kier alpha value is -2.27. The summed E-state index contributed by atoms with van der Waals surface area (Å²) in [6.45, 7) is 0.627. The maximum absolute atomic E-state index is 12.0. The zero-order valence-corrected chi connectivity index (χ0v) is 11.8. The van der Waals surface area contributed by atoms with Gasteiger partial charge in [-0.2, -0.15) is 5.10 Å². The quantitative estimate of drug-likeness (QED) is 0.634. The second kappa shape index (κ2) is 6.45. The van der Waals surface area contributed by atoms with Gasteiger partial charge in [0.2, 0.25) is 10.0 Å². The van der Waals surface area contributed by atoms with Crippen molar-refractivity contribution in [2.75, 3.05) is 6.54 Å².